The maximum atomic E-state index is 12.4. The van der Waals surface area contributed by atoms with E-state index < -0.39 is 9.84 Å². The first-order valence-corrected chi connectivity index (χ1v) is 9.65. The maximum Gasteiger partial charge on any atom is 0.226 e. The van der Waals surface area contributed by atoms with Crippen LogP contribution in [0.15, 0.2) is 40.1 Å². The van der Waals surface area contributed by atoms with Gasteiger partial charge in [-0.15, -0.1) is 0 Å². The number of hydrogen-bond donors (Lipinski definition) is 0. The minimum absolute atomic E-state index is 0.0497. The molecule has 128 valence electrons. The van der Waals surface area contributed by atoms with E-state index in [0.717, 1.165) is 18.4 Å². The Kier molecular flexibility index (Phi) is 4.66. The van der Waals surface area contributed by atoms with Crippen LogP contribution in [0.2, 0.25) is 0 Å². The minimum Gasteiger partial charge on any atom is -0.343 e. The molecule has 0 bridgehead atoms. The van der Waals surface area contributed by atoms with Crippen LogP contribution in [0, 0.1) is 0 Å². The molecular weight excluding hydrogens is 330 g/mol. The van der Waals surface area contributed by atoms with Crippen LogP contribution in [0.25, 0.3) is 0 Å². The van der Waals surface area contributed by atoms with Gasteiger partial charge in [0, 0.05) is 25.3 Å². The second kappa shape index (κ2) is 6.72. The number of hydrogen-bond acceptors (Lipinski definition) is 6. The number of piperidine rings is 1. The summed E-state index contributed by atoms with van der Waals surface area (Å²) in [5.74, 6) is 0.994. The van der Waals surface area contributed by atoms with E-state index in [-0.39, 0.29) is 23.1 Å². The minimum atomic E-state index is -3.21. The van der Waals surface area contributed by atoms with Crippen molar-refractivity contribution in [3.05, 3.63) is 42.0 Å². The monoisotopic (exact) mass is 349 g/mol. The summed E-state index contributed by atoms with van der Waals surface area (Å²) < 4.78 is 27.7. The van der Waals surface area contributed by atoms with Crippen LogP contribution in [0.4, 0.5) is 0 Å². The van der Waals surface area contributed by atoms with E-state index in [1.165, 1.54) is 12.6 Å². The van der Waals surface area contributed by atoms with Crippen molar-refractivity contribution in [1.82, 2.24) is 15.0 Å². The Morgan fingerprint density at radius 1 is 1.25 bits per heavy atom. The third kappa shape index (κ3) is 3.81. The second-order valence-corrected chi connectivity index (χ2v) is 8.05. The summed E-state index contributed by atoms with van der Waals surface area (Å²) in [6.07, 6.45) is 4.40. The largest absolute Gasteiger partial charge is 0.343 e. The molecular formula is C16H19N3O4S. The molecule has 0 aliphatic carbocycles. The highest BCUT2D eigenvalue weighted by atomic mass is 32.2. The Morgan fingerprint density at radius 3 is 2.46 bits per heavy atom. The van der Waals surface area contributed by atoms with E-state index in [1.54, 1.807) is 24.3 Å². The Balaban J connectivity index is 1.56. The molecule has 1 aromatic carbocycles. The average Bonchev–Trinajstić information content (AvgIpc) is 3.09. The van der Waals surface area contributed by atoms with Gasteiger partial charge < -0.3 is 9.42 Å². The molecule has 1 amide bonds. The fourth-order valence-corrected chi connectivity index (χ4v) is 3.52. The topological polar surface area (TPSA) is 93.4 Å². The van der Waals surface area contributed by atoms with Gasteiger partial charge in [-0.2, -0.15) is 4.98 Å². The van der Waals surface area contributed by atoms with Crippen molar-refractivity contribution in [3.8, 4) is 0 Å². The van der Waals surface area contributed by atoms with Crippen molar-refractivity contribution in [1.29, 1.82) is 0 Å². The molecule has 7 nitrogen and oxygen atoms in total. The van der Waals surface area contributed by atoms with Crippen molar-refractivity contribution < 1.29 is 17.7 Å². The summed E-state index contributed by atoms with van der Waals surface area (Å²) in [7, 11) is -3.21. The Labute approximate surface area is 140 Å². The van der Waals surface area contributed by atoms with Gasteiger partial charge in [-0.1, -0.05) is 17.3 Å². The molecule has 1 aromatic heterocycles. The predicted octanol–water partition coefficient (Wildman–Crippen LogP) is 1.42. The average molecular weight is 349 g/mol. The summed E-state index contributed by atoms with van der Waals surface area (Å²) in [6, 6.07) is 6.47. The highest BCUT2D eigenvalue weighted by molar-refractivity contribution is 7.90. The lowest BCUT2D eigenvalue weighted by Crippen LogP contribution is -2.39. The lowest BCUT2D eigenvalue weighted by Gasteiger charge is -2.30. The molecule has 1 aliphatic heterocycles. The number of benzene rings is 1. The van der Waals surface area contributed by atoms with Gasteiger partial charge in [0.25, 0.3) is 0 Å². The van der Waals surface area contributed by atoms with Gasteiger partial charge in [0.05, 0.1) is 11.3 Å². The molecule has 1 aliphatic rings. The maximum absolute atomic E-state index is 12.4. The molecule has 1 saturated heterocycles. The van der Waals surface area contributed by atoms with Crippen LogP contribution >= 0.6 is 0 Å². The fourth-order valence-electron chi connectivity index (χ4n) is 2.89. The Morgan fingerprint density at radius 2 is 1.92 bits per heavy atom. The van der Waals surface area contributed by atoms with Crippen LogP contribution in [0.5, 0.6) is 0 Å². The van der Waals surface area contributed by atoms with Gasteiger partial charge in [-0.3, -0.25) is 4.79 Å². The molecule has 0 spiro atoms. The van der Waals surface area contributed by atoms with Gasteiger partial charge in [0.2, 0.25) is 12.3 Å². The molecule has 2 heterocycles. The van der Waals surface area contributed by atoms with Crippen LogP contribution < -0.4 is 0 Å². The smallest absolute Gasteiger partial charge is 0.226 e. The zero-order valence-electron chi connectivity index (χ0n) is 13.4. The highest BCUT2D eigenvalue weighted by Crippen LogP contribution is 2.25. The zero-order chi connectivity index (χ0) is 17.2. The molecule has 8 heteroatoms. The van der Waals surface area contributed by atoms with Crippen LogP contribution in [-0.2, 0) is 21.1 Å². The SMILES string of the molecule is CS(=O)(=O)c1ccc(CC(=O)N2CCC(c3ncon3)CC2)cc1. The Bertz CT molecular complexity index is 792. The molecule has 3 rings (SSSR count). The van der Waals surface area contributed by atoms with Gasteiger partial charge in [0.15, 0.2) is 15.7 Å². The van der Waals surface area contributed by atoms with E-state index in [1.807, 2.05) is 4.90 Å². The summed E-state index contributed by atoms with van der Waals surface area (Å²) in [5, 5.41) is 3.87. The van der Waals surface area contributed by atoms with Crippen LogP contribution in [0.3, 0.4) is 0 Å². The standard InChI is InChI=1S/C16H19N3O4S/c1-24(21,22)14-4-2-12(3-5-14)10-15(20)19-8-6-13(7-9-19)16-17-11-23-18-16/h2-5,11,13H,6-10H2,1H3. The van der Waals surface area contributed by atoms with E-state index in [9.17, 15) is 13.2 Å². The van der Waals surface area contributed by atoms with Gasteiger partial charge in [-0.05, 0) is 30.5 Å². The number of amides is 1. The second-order valence-electron chi connectivity index (χ2n) is 6.04. The van der Waals surface area contributed by atoms with Crippen LogP contribution in [-0.4, -0.2) is 48.7 Å². The number of carbonyl (C=O) groups excluding carboxylic acids is 1. The number of carbonyl (C=O) groups is 1. The lowest BCUT2D eigenvalue weighted by molar-refractivity contribution is -0.131. The highest BCUT2D eigenvalue weighted by Gasteiger charge is 2.26. The molecule has 0 saturated carbocycles. The first-order chi connectivity index (χ1) is 11.4. The van der Waals surface area contributed by atoms with Crippen molar-refractivity contribution in [3.63, 3.8) is 0 Å². The van der Waals surface area contributed by atoms with E-state index in [0.29, 0.717) is 18.9 Å². The number of sulfone groups is 1. The first kappa shape index (κ1) is 16.6. The lowest BCUT2D eigenvalue weighted by atomic mass is 9.96. The van der Waals surface area contributed by atoms with Crippen molar-refractivity contribution >= 4 is 15.7 Å². The fraction of sp³-hybridized carbons (Fsp3) is 0.438. The molecule has 0 N–H and O–H groups in total. The molecule has 0 unspecified atom stereocenters. The number of nitrogens with zero attached hydrogens (tertiary/aromatic N) is 3. The van der Waals surface area contributed by atoms with Crippen LogP contribution in [0.1, 0.15) is 30.1 Å². The number of aromatic nitrogens is 2. The van der Waals surface area contributed by atoms with Crippen molar-refractivity contribution in [2.75, 3.05) is 19.3 Å². The van der Waals surface area contributed by atoms with E-state index >= 15 is 0 Å². The van der Waals surface area contributed by atoms with Gasteiger partial charge >= 0.3 is 0 Å². The quantitative estimate of drug-likeness (QED) is 0.829. The zero-order valence-corrected chi connectivity index (χ0v) is 14.2. The normalized spacial score (nSPS) is 16.3. The Hall–Kier alpha value is -2.22. The first-order valence-electron chi connectivity index (χ1n) is 7.76. The summed E-state index contributed by atoms with van der Waals surface area (Å²) in [5.41, 5.74) is 0.813. The molecule has 2 aromatic rings. The van der Waals surface area contributed by atoms with Crippen molar-refractivity contribution in [2.24, 2.45) is 0 Å². The van der Waals surface area contributed by atoms with Gasteiger partial charge in [-0.25, -0.2) is 8.42 Å². The summed E-state index contributed by atoms with van der Waals surface area (Å²) in [4.78, 5) is 18.6. The summed E-state index contributed by atoms with van der Waals surface area (Å²) >= 11 is 0. The molecule has 0 atom stereocenters. The summed E-state index contributed by atoms with van der Waals surface area (Å²) in [6.45, 7) is 1.33. The van der Waals surface area contributed by atoms with E-state index in [4.69, 9.17) is 4.52 Å². The van der Waals surface area contributed by atoms with Gasteiger partial charge in [0.1, 0.15) is 0 Å². The van der Waals surface area contributed by atoms with E-state index in [2.05, 4.69) is 10.1 Å². The predicted molar refractivity (Wildman–Crippen MR) is 86.1 cm³/mol. The molecule has 0 radical (unpaired) electrons. The van der Waals surface area contributed by atoms with Crippen molar-refractivity contribution in [2.45, 2.75) is 30.1 Å². The molecule has 24 heavy (non-hydrogen) atoms. The third-order valence-electron chi connectivity index (χ3n) is 4.30. The number of rotatable bonds is 4. The number of likely N-dealkylation sites (tertiary alicyclic amines) is 1. The molecule has 1 fully saturated rings. The third-order valence-corrected chi connectivity index (χ3v) is 5.43.